The number of aromatic nitrogens is 3. The number of benzene rings is 2. The van der Waals surface area contributed by atoms with E-state index in [1.54, 1.807) is 13.2 Å². The van der Waals surface area contributed by atoms with E-state index in [2.05, 4.69) is 15.6 Å². The Morgan fingerprint density at radius 1 is 1.20 bits per heavy atom. The van der Waals surface area contributed by atoms with Gasteiger partial charge in [-0.25, -0.2) is 4.68 Å². The average molecular weight is 338 g/mol. The van der Waals surface area contributed by atoms with Gasteiger partial charge in [-0.1, -0.05) is 24.3 Å². The van der Waals surface area contributed by atoms with Gasteiger partial charge in [-0.05, 0) is 49.2 Å². The van der Waals surface area contributed by atoms with Gasteiger partial charge in [-0.3, -0.25) is 4.79 Å². The van der Waals surface area contributed by atoms with Crippen molar-refractivity contribution in [2.75, 3.05) is 7.11 Å². The molecule has 0 saturated carbocycles. The van der Waals surface area contributed by atoms with Gasteiger partial charge in [0.15, 0.2) is 0 Å². The number of nitrogens with one attached hydrogen (secondary N) is 1. The molecule has 6 heteroatoms. The van der Waals surface area contributed by atoms with E-state index in [9.17, 15) is 4.79 Å². The summed E-state index contributed by atoms with van der Waals surface area (Å²) < 4.78 is 6.99. The maximum absolute atomic E-state index is 12.6. The third kappa shape index (κ3) is 3.47. The number of rotatable bonds is 6. The van der Waals surface area contributed by atoms with Gasteiger partial charge in [-0.2, -0.15) is 0 Å². The van der Waals surface area contributed by atoms with Crippen molar-refractivity contribution >= 4 is 16.9 Å². The van der Waals surface area contributed by atoms with Crippen LogP contribution < -0.4 is 10.1 Å². The fourth-order valence-electron chi connectivity index (χ4n) is 2.85. The lowest BCUT2D eigenvalue weighted by Gasteiger charge is -2.18. The number of fused-ring (bicyclic) bond motifs is 1. The monoisotopic (exact) mass is 338 g/mol. The quantitative estimate of drug-likeness (QED) is 0.748. The molecule has 1 unspecified atom stereocenters. The van der Waals surface area contributed by atoms with E-state index in [0.29, 0.717) is 5.56 Å². The van der Waals surface area contributed by atoms with Gasteiger partial charge < -0.3 is 10.1 Å². The summed E-state index contributed by atoms with van der Waals surface area (Å²) >= 11 is 0. The molecule has 0 saturated heterocycles. The number of amides is 1. The second kappa shape index (κ2) is 7.34. The maximum Gasteiger partial charge on any atom is 0.251 e. The van der Waals surface area contributed by atoms with E-state index in [-0.39, 0.29) is 11.9 Å². The van der Waals surface area contributed by atoms with Crippen LogP contribution in [0.4, 0.5) is 0 Å². The predicted octanol–water partition coefficient (Wildman–Crippen LogP) is 3.34. The van der Waals surface area contributed by atoms with Gasteiger partial charge in [-0.15, -0.1) is 5.10 Å². The highest BCUT2D eigenvalue weighted by molar-refractivity contribution is 5.97. The van der Waals surface area contributed by atoms with Crippen LogP contribution >= 0.6 is 0 Å². The SMILES string of the molecule is CCC(NC(=O)c1ccc2c(c1)nnn2CC)c1ccc(OC)cc1. The van der Waals surface area contributed by atoms with Crippen molar-refractivity contribution < 1.29 is 9.53 Å². The largest absolute Gasteiger partial charge is 0.497 e. The summed E-state index contributed by atoms with van der Waals surface area (Å²) in [6.45, 7) is 4.80. The van der Waals surface area contributed by atoms with E-state index in [1.165, 1.54) is 0 Å². The fourth-order valence-corrected chi connectivity index (χ4v) is 2.85. The molecule has 0 radical (unpaired) electrons. The average Bonchev–Trinajstić information content (AvgIpc) is 3.08. The molecule has 0 spiro atoms. The Kier molecular flexibility index (Phi) is 4.97. The van der Waals surface area contributed by atoms with Gasteiger partial charge in [0.2, 0.25) is 0 Å². The molecule has 130 valence electrons. The standard InChI is InChI=1S/C19H22N4O2/c1-4-16(13-6-9-15(25-3)10-7-13)20-19(24)14-8-11-18-17(12-14)21-22-23(18)5-2/h6-12,16H,4-5H2,1-3H3,(H,20,24). The third-order valence-corrected chi connectivity index (χ3v) is 4.31. The Bertz CT molecular complexity index is 871. The zero-order valence-electron chi connectivity index (χ0n) is 14.7. The number of ether oxygens (including phenoxy) is 1. The van der Waals surface area contributed by atoms with Crippen molar-refractivity contribution in [1.29, 1.82) is 0 Å². The van der Waals surface area contributed by atoms with Gasteiger partial charge >= 0.3 is 0 Å². The molecule has 0 bridgehead atoms. The van der Waals surface area contributed by atoms with E-state index in [0.717, 1.165) is 35.3 Å². The van der Waals surface area contributed by atoms with E-state index in [4.69, 9.17) is 4.74 Å². The van der Waals surface area contributed by atoms with Crippen molar-refractivity contribution in [1.82, 2.24) is 20.3 Å². The molecule has 0 aliphatic carbocycles. The molecule has 0 aliphatic heterocycles. The lowest BCUT2D eigenvalue weighted by Crippen LogP contribution is -2.28. The summed E-state index contributed by atoms with van der Waals surface area (Å²) in [7, 11) is 1.64. The minimum Gasteiger partial charge on any atom is -0.497 e. The summed E-state index contributed by atoms with van der Waals surface area (Å²) in [6, 6.07) is 13.2. The molecule has 1 amide bonds. The van der Waals surface area contributed by atoms with Crippen LogP contribution in [0.15, 0.2) is 42.5 Å². The van der Waals surface area contributed by atoms with E-state index < -0.39 is 0 Å². The molecule has 0 fully saturated rings. The van der Waals surface area contributed by atoms with E-state index in [1.807, 2.05) is 54.9 Å². The Hall–Kier alpha value is -2.89. The number of methoxy groups -OCH3 is 1. The fraction of sp³-hybridized carbons (Fsp3) is 0.316. The molecule has 3 rings (SSSR count). The lowest BCUT2D eigenvalue weighted by molar-refractivity contribution is 0.0935. The highest BCUT2D eigenvalue weighted by atomic mass is 16.5. The van der Waals surface area contributed by atoms with Gasteiger partial charge in [0.1, 0.15) is 11.3 Å². The van der Waals surface area contributed by atoms with Crippen LogP contribution in [0.5, 0.6) is 5.75 Å². The number of carbonyl (C=O) groups excluding carboxylic acids is 1. The molecule has 25 heavy (non-hydrogen) atoms. The molecule has 1 aromatic heterocycles. The topological polar surface area (TPSA) is 69.0 Å². The third-order valence-electron chi connectivity index (χ3n) is 4.31. The number of aryl methyl sites for hydroxylation is 1. The Morgan fingerprint density at radius 2 is 1.96 bits per heavy atom. The first-order chi connectivity index (χ1) is 12.2. The minimum absolute atomic E-state index is 0.0552. The minimum atomic E-state index is -0.115. The Morgan fingerprint density at radius 3 is 2.60 bits per heavy atom. The smallest absolute Gasteiger partial charge is 0.251 e. The summed E-state index contributed by atoms with van der Waals surface area (Å²) in [5.74, 6) is 0.685. The van der Waals surface area contributed by atoms with Crippen LogP contribution in [0.2, 0.25) is 0 Å². The molecule has 6 nitrogen and oxygen atoms in total. The van der Waals surface area contributed by atoms with Crippen LogP contribution in [-0.4, -0.2) is 28.0 Å². The van der Waals surface area contributed by atoms with Crippen LogP contribution in [0.25, 0.3) is 11.0 Å². The van der Waals surface area contributed by atoms with Crippen molar-refractivity contribution in [2.24, 2.45) is 0 Å². The molecule has 3 aromatic rings. The number of hydrogen-bond donors (Lipinski definition) is 1. The second-order valence-electron chi connectivity index (χ2n) is 5.82. The molecular weight excluding hydrogens is 316 g/mol. The number of carbonyl (C=O) groups is 1. The molecule has 0 aliphatic rings. The highest BCUT2D eigenvalue weighted by Crippen LogP contribution is 2.21. The van der Waals surface area contributed by atoms with Crippen LogP contribution in [0, 0.1) is 0 Å². The van der Waals surface area contributed by atoms with Gasteiger partial charge in [0, 0.05) is 12.1 Å². The molecular formula is C19H22N4O2. The van der Waals surface area contributed by atoms with Gasteiger partial charge in [0.05, 0.1) is 18.7 Å². The summed E-state index contributed by atoms with van der Waals surface area (Å²) in [5, 5.41) is 11.3. The van der Waals surface area contributed by atoms with Crippen molar-refractivity contribution in [3.05, 3.63) is 53.6 Å². The van der Waals surface area contributed by atoms with Crippen molar-refractivity contribution in [3.63, 3.8) is 0 Å². The van der Waals surface area contributed by atoms with Crippen molar-refractivity contribution in [3.8, 4) is 5.75 Å². The Balaban J connectivity index is 1.79. The maximum atomic E-state index is 12.6. The summed E-state index contributed by atoms with van der Waals surface area (Å²) in [6.07, 6.45) is 0.798. The number of hydrogen-bond acceptors (Lipinski definition) is 4. The van der Waals surface area contributed by atoms with Gasteiger partial charge in [0.25, 0.3) is 5.91 Å². The molecule has 1 atom stereocenters. The van der Waals surface area contributed by atoms with E-state index >= 15 is 0 Å². The van der Waals surface area contributed by atoms with Crippen LogP contribution in [0.1, 0.15) is 42.2 Å². The molecule has 2 aromatic carbocycles. The summed E-state index contributed by atoms with van der Waals surface area (Å²) in [5.41, 5.74) is 3.30. The number of nitrogens with zero attached hydrogens (tertiary/aromatic N) is 3. The molecule has 1 N–H and O–H groups in total. The normalized spacial score (nSPS) is 12.1. The first-order valence-corrected chi connectivity index (χ1v) is 8.44. The first kappa shape index (κ1) is 17.0. The highest BCUT2D eigenvalue weighted by Gasteiger charge is 2.15. The Labute approximate surface area is 146 Å². The second-order valence-corrected chi connectivity index (χ2v) is 5.82. The van der Waals surface area contributed by atoms with Crippen molar-refractivity contribution in [2.45, 2.75) is 32.9 Å². The zero-order valence-corrected chi connectivity index (χ0v) is 14.7. The lowest BCUT2D eigenvalue weighted by atomic mass is 10.0. The zero-order chi connectivity index (χ0) is 17.8. The summed E-state index contributed by atoms with van der Waals surface area (Å²) in [4.78, 5) is 12.6. The predicted molar refractivity (Wildman–Crippen MR) is 96.7 cm³/mol. The van der Waals surface area contributed by atoms with Crippen LogP contribution in [0.3, 0.4) is 0 Å². The molecule has 1 heterocycles. The van der Waals surface area contributed by atoms with Crippen LogP contribution in [-0.2, 0) is 6.54 Å². The first-order valence-electron chi connectivity index (χ1n) is 8.44.